The number of nitrogens with zero attached hydrogens (tertiary/aromatic N) is 1. The summed E-state index contributed by atoms with van der Waals surface area (Å²) in [5.41, 5.74) is 7.14. The maximum Gasteiger partial charge on any atom is 0.305 e. The molecule has 1 unspecified atom stereocenters. The molecule has 6 nitrogen and oxygen atoms in total. The van der Waals surface area contributed by atoms with Gasteiger partial charge >= 0.3 is 5.97 Å². The first-order valence-corrected chi connectivity index (χ1v) is 8.27. The minimum absolute atomic E-state index is 0.0920. The molecule has 0 saturated carbocycles. The highest BCUT2D eigenvalue weighted by atomic mass is 32.2. The van der Waals surface area contributed by atoms with Gasteiger partial charge in [0.25, 0.3) is 0 Å². The predicted molar refractivity (Wildman–Crippen MR) is 82.1 cm³/mol. The molecule has 0 spiro atoms. The summed E-state index contributed by atoms with van der Waals surface area (Å²) in [6.07, 6.45) is 0.333. The van der Waals surface area contributed by atoms with E-state index < -0.39 is 16.0 Å². The standard InChI is InChI=1S/C14H22N2O4S/c1-11(12-6-4-7-13(15)10-12)16(2)21(18,19)9-5-8-14(17)20-3/h4,6-7,10-11H,5,8-9,15H2,1-3H3. The number of esters is 1. The fourth-order valence-electron chi connectivity index (χ4n) is 1.91. The molecule has 0 aliphatic carbocycles. The summed E-state index contributed by atoms with van der Waals surface area (Å²) in [5.74, 6) is -0.498. The minimum atomic E-state index is -3.44. The van der Waals surface area contributed by atoms with Crippen molar-refractivity contribution in [1.29, 1.82) is 0 Å². The molecule has 7 heteroatoms. The predicted octanol–water partition coefficient (Wildman–Crippen LogP) is 1.54. The molecule has 0 aliphatic rings. The van der Waals surface area contributed by atoms with Crippen molar-refractivity contribution in [2.24, 2.45) is 0 Å². The van der Waals surface area contributed by atoms with E-state index in [2.05, 4.69) is 4.74 Å². The zero-order valence-corrected chi connectivity index (χ0v) is 13.4. The Morgan fingerprint density at radius 2 is 2.10 bits per heavy atom. The number of nitrogen functional groups attached to an aromatic ring is 1. The van der Waals surface area contributed by atoms with E-state index in [4.69, 9.17) is 5.73 Å². The summed E-state index contributed by atoms with van der Waals surface area (Å²) in [6, 6.07) is 6.81. The van der Waals surface area contributed by atoms with Gasteiger partial charge < -0.3 is 10.5 Å². The Balaban J connectivity index is 2.71. The molecular formula is C14H22N2O4S. The normalized spacial score (nSPS) is 13.1. The first-order valence-electron chi connectivity index (χ1n) is 6.66. The number of anilines is 1. The second-order valence-electron chi connectivity index (χ2n) is 4.86. The van der Waals surface area contributed by atoms with Crippen LogP contribution in [0.25, 0.3) is 0 Å². The monoisotopic (exact) mass is 314 g/mol. The molecule has 118 valence electrons. The molecule has 0 heterocycles. The Morgan fingerprint density at radius 3 is 2.67 bits per heavy atom. The summed E-state index contributed by atoms with van der Waals surface area (Å²) in [5, 5.41) is 0. The molecule has 0 radical (unpaired) electrons. The van der Waals surface area contributed by atoms with Crippen molar-refractivity contribution >= 4 is 21.7 Å². The van der Waals surface area contributed by atoms with Crippen LogP contribution in [0.4, 0.5) is 5.69 Å². The maximum atomic E-state index is 12.2. The van der Waals surface area contributed by atoms with E-state index in [1.54, 1.807) is 25.1 Å². The summed E-state index contributed by atoms with van der Waals surface area (Å²) >= 11 is 0. The number of rotatable bonds is 7. The Kier molecular flexibility index (Phi) is 6.17. The van der Waals surface area contributed by atoms with Gasteiger partial charge in [-0.05, 0) is 31.0 Å². The number of methoxy groups -OCH3 is 1. The second kappa shape index (κ2) is 7.42. The Bertz CT molecular complexity index is 586. The van der Waals surface area contributed by atoms with Crippen LogP contribution >= 0.6 is 0 Å². The lowest BCUT2D eigenvalue weighted by Crippen LogP contribution is -2.32. The van der Waals surface area contributed by atoms with Gasteiger partial charge in [0.2, 0.25) is 10.0 Å². The van der Waals surface area contributed by atoms with Crippen molar-refractivity contribution in [2.45, 2.75) is 25.8 Å². The third-order valence-corrected chi connectivity index (χ3v) is 5.39. The van der Waals surface area contributed by atoms with Crippen molar-refractivity contribution in [3.05, 3.63) is 29.8 Å². The van der Waals surface area contributed by atoms with E-state index in [-0.39, 0.29) is 24.6 Å². The number of sulfonamides is 1. The van der Waals surface area contributed by atoms with E-state index in [1.165, 1.54) is 18.5 Å². The number of ether oxygens (including phenoxy) is 1. The Labute approximate surface area is 125 Å². The smallest absolute Gasteiger partial charge is 0.305 e. The summed E-state index contributed by atoms with van der Waals surface area (Å²) in [4.78, 5) is 11.0. The first-order chi connectivity index (χ1) is 9.77. The largest absolute Gasteiger partial charge is 0.469 e. The van der Waals surface area contributed by atoms with Crippen LogP contribution in [0.5, 0.6) is 0 Å². The molecule has 1 atom stereocenters. The number of benzene rings is 1. The van der Waals surface area contributed by atoms with Crippen molar-refractivity contribution < 1.29 is 17.9 Å². The van der Waals surface area contributed by atoms with Gasteiger partial charge in [-0.15, -0.1) is 0 Å². The summed E-state index contributed by atoms with van der Waals surface area (Å²) < 4.78 is 30.3. The number of carbonyl (C=O) groups is 1. The highest BCUT2D eigenvalue weighted by Gasteiger charge is 2.24. The van der Waals surface area contributed by atoms with Crippen LogP contribution in [0.3, 0.4) is 0 Å². The van der Waals surface area contributed by atoms with Crippen LogP contribution in [0, 0.1) is 0 Å². The third-order valence-electron chi connectivity index (χ3n) is 3.39. The third kappa shape index (κ3) is 5.02. The average Bonchev–Trinajstić information content (AvgIpc) is 2.45. The zero-order chi connectivity index (χ0) is 16.0. The van der Waals surface area contributed by atoms with Gasteiger partial charge in [0.15, 0.2) is 0 Å². The Hall–Kier alpha value is -1.60. The highest BCUT2D eigenvalue weighted by molar-refractivity contribution is 7.89. The van der Waals surface area contributed by atoms with Crippen LogP contribution in [0.15, 0.2) is 24.3 Å². The number of hydrogen-bond donors (Lipinski definition) is 1. The van der Waals surface area contributed by atoms with E-state index in [1.807, 2.05) is 6.07 Å². The number of carbonyl (C=O) groups excluding carboxylic acids is 1. The van der Waals surface area contributed by atoms with Gasteiger partial charge in [0.05, 0.1) is 12.9 Å². The topological polar surface area (TPSA) is 89.7 Å². The summed E-state index contributed by atoms with van der Waals surface area (Å²) in [6.45, 7) is 1.80. The number of nitrogens with two attached hydrogens (primary N) is 1. The lowest BCUT2D eigenvalue weighted by Gasteiger charge is -2.24. The molecule has 2 N–H and O–H groups in total. The highest BCUT2D eigenvalue weighted by Crippen LogP contribution is 2.23. The zero-order valence-electron chi connectivity index (χ0n) is 12.6. The quantitative estimate of drug-likeness (QED) is 0.609. The summed E-state index contributed by atoms with van der Waals surface area (Å²) in [7, 11) is -0.628. The van der Waals surface area contributed by atoms with E-state index in [0.717, 1.165) is 5.56 Å². The van der Waals surface area contributed by atoms with Crippen LogP contribution in [-0.4, -0.2) is 38.6 Å². The second-order valence-corrected chi connectivity index (χ2v) is 7.01. The molecule has 1 aromatic carbocycles. The maximum absolute atomic E-state index is 12.2. The van der Waals surface area contributed by atoms with Gasteiger partial charge in [-0.1, -0.05) is 12.1 Å². The lowest BCUT2D eigenvalue weighted by molar-refractivity contribution is -0.140. The van der Waals surface area contributed by atoms with Gasteiger partial charge in [0.1, 0.15) is 0 Å². The van der Waals surface area contributed by atoms with Crippen molar-refractivity contribution in [2.75, 3.05) is 25.6 Å². The van der Waals surface area contributed by atoms with Crippen LogP contribution in [-0.2, 0) is 19.6 Å². The first kappa shape index (κ1) is 17.5. The molecule has 1 rings (SSSR count). The Morgan fingerprint density at radius 1 is 1.43 bits per heavy atom. The number of hydrogen-bond acceptors (Lipinski definition) is 5. The van der Waals surface area contributed by atoms with Crippen molar-refractivity contribution in [3.8, 4) is 0 Å². The van der Waals surface area contributed by atoms with Gasteiger partial charge in [-0.3, -0.25) is 4.79 Å². The molecule has 0 saturated heterocycles. The molecule has 1 aromatic rings. The molecule has 0 bridgehead atoms. The molecule has 0 amide bonds. The van der Waals surface area contributed by atoms with Gasteiger partial charge in [-0.2, -0.15) is 4.31 Å². The van der Waals surface area contributed by atoms with Crippen LogP contribution in [0.2, 0.25) is 0 Å². The minimum Gasteiger partial charge on any atom is -0.469 e. The molecular weight excluding hydrogens is 292 g/mol. The van der Waals surface area contributed by atoms with E-state index in [9.17, 15) is 13.2 Å². The van der Waals surface area contributed by atoms with Crippen LogP contribution in [0.1, 0.15) is 31.4 Å². The molecule has 0 aromatic heterocycles. The van der Waals surface area contributed by atoms with Crippen LogP contribution < -0.4 is 5.73 Å². The lowest BCUT2D eigenvalue weighted by atomic mass is 10.1. The van der Waals surface area contributed by atoms with Crippen molar-refractivity contribution in [3.63, 3.8) is 0 Å². The molecule has 0 aliphatic heterocycles. The van der Waals surface area contributed by atoms with Crippen molar-refractivity contribution in [1.82, 2.24) is 4.31 Å². The van der Waals surface area contributed by atoms with E-state index >= 15 is 0 Å². The molecule has 0 fully saturated rings. The van der Waals surface area contributed by atoms with Gasteiger partial charge in [-0.25, -0.2) is 8.42 Å². The van der Waals surface area contributed by atoms with E-state index in [0.29, 0.717) is 5.69 Å². The fourth-order valence-corrected chi connectivity index (χ4v) is 3.32. The molecule has 21 heavy (non-hydrogen) atoms. The SMILES string of the molecule is COC(=O)CCCS(=O)(=O)N(C)C(C)c1cccc(N)c1. The van der Waals surface area contributed by atoms with Gasteiger partial charge in [0, 0.05) is 25.2 Å². The fraction of sp³-hybridized carbons (Fsp3) is 0.500. The average molecular weight is 314 g/mol.